The van der Waals surface area contributed by atoms with Gasteiger partial charge in [-0.25, -0.2) is 4.39 Å². The molecule has 2 aromatic rings. The minimum absolute atomic E-state index is 0.0258. The molecule has 0 spiro atoms. The zero-order valence-corrected chi connectivity index (χ0v) is 19.2. The van der Waals surface area contributed by atoms with Crippen molar-refractivity contribution in [3.63, 3.8) is 0 Å². The number of halogens is 3. The zero-order valence-electron chi connectivity index (χ0n) is 14.7. The number of carbonyl (C=O) groups excluding carboxylic acids is 1. The van der Waals surface area contributed by atoms with Gasteiger partial charge in [0.25, 0.3) is 15.9 Å². The fourth-order valence-electron chi connectivity index (χ4n) is 2.40. The summed E-state index contributed by atoms with van der Waals surface area (Å²) in [6.07, 6.45) is 2.84. The van der Waals surface area contributed by atoms with Gasteiger partial charge in [0.15, 0.2) is 5.17 Å². The van der Waals surface area contributed by atoms with Crippen LogP contribution in [-0.4, -0.2) is 30.9 Å². The summed E-state index contributed by atoms with van der Waals surface area (Å²) in [7, 11) is -4.07. The first-order valence-corrected chi connectivity index (χ1v) is 11.8. The van der Waals surface area contributed by atoms with E-state index in [-0.39, 0.29) is 27.1 Å². The normalized spacial score (nSPS) is 17.3. The molecular weight excluding hydrogens is 550 g/mol. The molecule has 1 fully saturated rings. The molecule has 0 aliphatic carbocycles. The molecule has 1 amide bonds. The van der Waals surface area contributed by atoms with Crippen LogP contribution in [-0.2, 0) is 14.8 Å². The minimum atomic E-state index is -4.07. The monoisotopic (exact) mass is 562 g/mol. The summed E-state index contributed by atoms with van der Waals surface area (Å²) in [5.41, 5.74) is 0.230. The van der Waals surface area contributed by atoms with Gasteiger partial charge in [-0.1, -0.05) is 29.8 Å². The van der Waals surface area contributed by atoms with Gasteiger partial charge in [-0.15, -0.1) is 11.0 Å². The lowest BCUT2D eigenvalue weighted by atomic mass is 10.2. The summed E-state index contributed by atoms with van der Waals surface area (Å²) < 4.78 is 43.8. The van der Waals surface area contributed by atoms with E-state index in [2.05, 4.69) is 11.0 Å². The van der Waals surface area contributed by atoms with E-state index in [1.807, 2.05) is 22.6 Å². The summed E-state index contributed by atoms with van der Waals surface area (Å²) in [4.78, 5) is 14.0. The Morgan fingerprint density at radius 2 is 1.93 bits per heavy atom. The van der Waals surface area contributed by atoms with Crippen LogP contribution in [0.25, 0.3) is 6.08 Å². The van der Waals surface area contributed by atoms with Crippen molar-refractivity contribution < 1.29 is 17.6 Å². The highest BCUT2D eigenvalue weighted by molar-refractivity contribution is 14.1. The van der Waals surface area contributed by atoms with Crippen molar-refractivity contribution in [1.29, 1.82) is 0 Å². The molecule has 1 aliphatic rings. The maximum Gasteiger partial charge on any atom is 0.284 e. The van der Waals surface area contributed by atoms with Crippen LogP contribution in [0.4, 0.5) is 4.39 Å². The highest BCUT2D eigenvalue weighted by Crippen LogP contribution is 2.34. The molecule has 1 saturated heterocycles. The van der Waals surface area contributed by atoms with Crippen LogP contribution < -0.4 is 0 Å². The zero-order chi connectivity index (χ0) is 21.2. The highest BCUT2D eigenvalue weighted by atomic mass is 127. The van der Waals surface area contributed by atoms with E-state index in [0.29, 0.717) is 8.59 Å². The van der Waals surface area contributed by atoms with Crippen LogP contribution in [0.1, 0.15) is 5.56 Å². The van der Waals surface area contributed by atoms with Gasteiger partial charge in [0.1, 0.15) is 5.82 Å². The lowest BCUT2D eigenvalue weighted by Gasteiger charge is -2.12. The van der Waals surface area contributed by atoms with Crippen molar-refractivity contribution in [3.05, 3.63) is 80.0 Å². The summed E-state index contributed by atoms with van der Waals surface area (Å²) in [5, 5.41) is 0.363. The molecule has 0 atom stereocenters. The van der Waals surface area contributed by atoms with Crippen LogP contribution in [0.15, 0.2) is 69.3 Å². The minimum Gasteiger partial charge on any atom is -0.282 e. The van der Waals surface area contributed by atoms with Crippen molar-refractivity contribution in [3.8, 4) is 0 Å². The Kier molecular flexibility index (Phi) is 6.82. The van der Waals surface area contributed by atoms with E-state index in [4.69, 9.17) is 11.6 Å². The Morgan fingerprint density at radius 1 is 1.24 bits per heavy atom. The number of carbonyl (C=O) groups is 1. The Balaban J connectivity index is 2.02. The highest BCUT2D eigenvalue weighted by Gasteiger charge is 2.34. The number of hydrogen-bond acceptors (Lipinski definition) is 4. The maximum atomic E-state index is 14.3. The fourth-order valence-corrected chi connectivity index (χ4v) is 5.23. The van der Waals surface area contributed by atoms with Gasteiger partial charge in [-0.3, -0.25) is 9.69 Å². The van der Waals surface area contributed by atoms with Gasteiger partial charge in [-0.2, -0.15) is 8.42 Å². The summed E-state index contributed by atoms with van der Waals surface area (Å²) in [5.74, 6) is -0.929. The third-order valence-electron chi connectivity index (χ3n) is 3.78. The molecule has 2 aromatic carbocycles. The van der Waals surface area contributed by atoms with Crippen LogP contribution in [0.2, 0.25) is 5.02 Å². The second kappa shape index (κ2) is 8.99. The third kappa shape index (κ3) is 4.90. The summed E-state index contributed by atoms with van der Waals surface area (Å²) >= 11 is 8.52. The molecule has 0 bridgehead atoms. The van der Waals surface area contributed by atoms with Crippen molar-refractivity contribution in [1.82, 2.24) is 4.90 Å². The van der Waals surface area contributed by atoms with Gasteiger partial charge in [0.05, 0.1) is 9.80 Å². The Morgan fingerprint density at radius 3 is 2.59 bits per heavy atom. The molecule has 10 heteroatoms. The topological polar surface area (TPSA) is 66.8 Å². The second-order valence-electron chi connectivity index (χ2n) is 5.76. The lowest BCUT2D eigenvalue weighted by molar-refractivity contribution is -0.121. The molecule has 5 nitrogen and oxygen atoms in total. The van der Waals surface area contributed by atoms with E-state index in [0.717, 1.165) is 11.8 Å². The fraction of sp³-hybridized carbons (Fsp3) is 0.0526. The first-order chi connectivity index (χ1) is 13.7. The second-order valence-corrected chi connectivity index (χ2v) is 9.97. The van der Waals surface area contributed by atoms with E-state index >= 15 is 0 Å². The number of rotatable bonds is 5. The lowest BCUT2D eigenvalue weighted by Crippen LogP contribution is -2.29. The largest absolute Gasteiger partial charge is 0.284 e. The van der Waals surface area contributed by atoms with Gasteiger partial charge in [0.2, 0.25) is 0 Å². The Bertz CT molecular complexity index is 1150. The van der Waals surface area contributed by atoms with Crippen molar-refractivity contribution in [2.75, 3.05) is 6.54 Å². The molecule has 0 N–H and O–H groups in total. The SMILES string of the molecule is C=CCN1C(=O)/C(=C/c2cccc(I)c2F)S/C1=N/S(=O)(=O)c1ccc(Cl)cc1. The third-order valence-corrected chi connectivity index (χ3v) is 7.27. The van der Waals surface area contributed by atoms with Crippen LogP contribution in [0.3, 0.4) is 0 Å². The predicted molar refractivity (Wildman–Crippen MR) is 123 cm³/mol. The smallest absolute Gasteiger partial charge is 0.282 e. The van der Waals surface area contributed by atoms with Gasteiger partial charge in [0, 0.05) is 20.7 Å². The van der Waals surface area contributed by atoms with Gasteiger partial charge in [-0.05, 0) is 70.8 Å². The van der Waals surface area contributed by atoms with Gasteiger partial charge < -0.3 is 0 Å². The molecule has 29 heavy (non-hydrogen) atoms. The average Bonchev–Trinajstić information content (AvgIpc) is 2.94. The molecule has 0 unspecified atom stereocenters. The van der Waals surface area contributed by atoms with Crippen molar-refractivity contribution >= 4 is 73.1 Å². The number of thioether (sulfide) groups is 1. The standard InChI is InChI=1S/C19H13ClFIN2O3S2/c1-2-10-24-18(25)16(11-12-4-3-5-15(22)17(12)21)28-19(24)23-29(26,27)14-8-6-13(20)7-9-14/h2-9,11H,1,10H2/b16-11-,23-19+. The predicted octanol–water partition coefficient (Wildman–Crippen LogP) is 4.93. The average molecular weight is 563 g/mol. The summed E-state index contributed by atoms with van der Waals surface area (Å²) in [6, 6.07) is 10.4. The molecule has 3 rings (SSSR count). The maximum absolute atomic E-state index is 14.3. The number of sulfonamides is 1. The van der Waals surface area contributed by atoms with Crippen molar-refractivity contribution in [2.24, 2.45) is 4.40 Å². The molecule has 0 saturated carbocycles. The molecule has 1 heterocycles. The van der Waals surface area contributed by atoms with E-state index in [1.54, 1.807) is 12.1 Å². The molecule has 0 radical (unpaired) electrons. The molecule has 150 valence electrons. The van der Waals surface area contributed by atoms with Crippen LogP contribution >= 0.6 is 46.0 Å². The number of benzene rings is 2. The molecular formula is C19H13ClFIN2O3S2. The Hall–Kier alpha value is -1.69. The number of hydrogen-bond donors (Lipinski definition) is 0. The molecule has 0 aromatic heterocycles. The number of amides is 1. The van der Waals surface area contributed by atoms with E-state index in [1.165, 1.54) is 47.4 Å². The van der Waals surface area contributed by atoms with E-state index in [9.17, 15) is 17.6 Å². The van der Waals surface area contributed by atoms with Crippen LogP contribution in [0.5, 0.6) is 0 Å². The van der Waals surface area contributed by atoms with E-state index < -0.39 is 21.7 Å². The Labute approximate surface area is 190 Å². The summed E-state index contributed by atoms with van der Waals surface area (Å²) in [6.45, 7) is 3.65. The quantitative estimate of drug-likeness (QED) is 0.294. The number of amidine groups is 1. The first kappa shape index (κ1) is 22.0. The van der Waals surface area contributed by atoms with Crippen LogP contribution in [0, 0.1) is 9.39 Å². The first-order valence-electron chi connectivity index (χ1n) is 8.10. The number of nitrogens with zero attached hydrogens (tertiary/aromatic N) is 2. The van der Waals surface area contributed by atoms with Gasteiger partial charge >= 0.3 is 0 Å². The van der Waals surface area contributed by atoms with Crippen molar-refractivity contribution in [2.45, 2.75) is 4.90 Å². The molecule has 1 aliphatic heterocycles.